The maximum Gasteiger partial charge on any atom is 0.191 e. The molecule has 0 aliphatic carbocycles. The number of ether oxygens (including phenoxy) is 2. The Morgan fingerprint density at radius 3 is 2.60 bits per heavy atom. The molecule has 0 unspecified atom stereocenters. The number of nitrogens with one attached hydrogen (secondary N) is 2. The minimum atomic E-state index is 0.578. The van der Waals surface area contributed by atoms with Crippen LogP contribution < -0.4 is 15.4 Å². The number of rotatable bonds is 10. The van der Waals surface area contributed by atoms with E-state index in [2.05, 4.69) is 52.8 Å². The second-order valence-corrected chi connectivity index (χ2v) is 7.27. The predicted octanol–water partition coefficient (Wildman–Crippen LogP) is 2.70. The molecule has 1 aliphatic rings. The third-order valence-corrected chi connectivity index (χ3v) is 5.04. The zero-order valence-electron chi connectivity index (χ0n) is 18.0. The Morgan fingerprint density at radius 2 is 1.80 bits per heavy atom. The van der Waals surface area contributed by atoms with E-state index in [4.69, 9.17) is 14.5 Å². The molecule has 30 heavy (non-hydrogen) atoms. The molecule has 1 aliphatic heterocycles. The van der Waals surface area contributed by atoms with Gasteiger partial charge >= 0.3 is 0 Å². The maximum absolute atomic E-state index is 6.08. The average Bonchev–Trinajstić information content (AvgIpc) is 2.80. The molecular formula is C24H34N4O2. The van der Waals surface area contributed by atoms with E-state index in [0.29, 0.717) is 13.2 Å². The molecule has 0 amide bonds. The fourth-order valence-electron chi connectivity index (χ4n) is 3.36. The molecule has 2 aromatic carbocycles. The van der Waals surface area contributed by atoms with Crippen LogP contribution >= 0.6 is 0 Å². The molecule has 3 rings (SSSR count). The summed E-state index contributed by atoms with van der Waals surface area (Å²) in [6.07, 6.45) is 0.965. The lowest BCUT2D eigenvalue weighted by Gasteiger charge is -2.26. The van der Waals surface area contributed by atoms with Crippen molar-refractivity contribution in [2.75, 3.05) is 52.5 Å². The van der Waals surface area contributed by atoms with Crippen LogP contribution in [0.15, 0.2) is 59.6 Å². The SMILES string of the molecule is CCNC(=NCc1ccccc1OCCN1CCOCC1)NCCc1ccccc1. The molecule has 6 heteroatoms. The van der Waals surface area contributed by atoms with Crippen molar-refractivity contribution in [2.45, 2.75) is 19.9 Å². The van der Waals surface area contributed by atoms with Crippen molar-refractivity contribution < 1.29 is 9.47 Å². The molecule has 0 spiro atoms. The number of nitrogens with zero attached hydrogens (tertiary/aromatic N) is 2. The predicted molar refractivity (Wildman–Crippen MR) is 122 cm³/mol. The molecule has 162 valence electrons. The van der Waals surface area contributed by atoms with Crippen molar-refractivity contribution in [3.63, 3.8) is 0 Å². The largest absolute Gasteiger partial charge is 0.492 e. The second kappa shape index (κ2) is 12.9. The molecule has 1 saturated heterocycles. The molecular weight excluding hydrogens is 376 g/mol. The third-order valence-electron chi connectivity index (χ3n) is 5.04. The van der Waals surface area contributed by atoms with Gasteiger partial charge in [0.2, 0.25) is 0 Å². The number of aliphatic imine (C=N–C) groups is 1. The van der Waals surface area contributed by atoms with Crippen molar-refractivity contribution in [2.24, 2.45) is 4.99 Å². The number of hydrogen-bond donors (Lipinski definition) is 2. The van der Waals surface area contributed by atoms with Crippen LogP contribution in [-0.2, 0) is 17.7 Å². The number of benzene rings is 2. The van der Waals surface area contributed by atoms with Gasteiger partial charge in [0, 0.05) is 38.3 Å². The molecule has 6 nitrogen and oxygen atoms in total. The maximum atomic E-state index is 6.08. The Balaban J connectivity index is 1.50. The molecule has 1 fully saturated rings. The van der Waals surface area contributed by atoms with Crippen LogP contribution in [0.4, 0.5) is 0 Å². The lowest BCUT2D eigenvalue weighted by molar-refractivity contribution is 0.0322. The van der Waals surface area contributed by atoms with Crippen LogP contribution in [0, 0.1) is 0 Å². The van der Waals surface area contributed by atoms with Gasteiger partial charge in [-0.2, -0.15) is 0 Å². The van der Waals surface area contributed by atoms with Gasteiger partial charge in [-0.15, -0.1) is 0 Å². The molecule has 0 saturated carbocycles. The molecule has 0 bridgehead atoms. The van der Waals surface area contributed by atoms with Gasteiger partial charge in [-0.25, -0.2) is 4.99 Å². The Bertz CT molecular complexity index is 761. The molecule has 0 aromatic heterocycles. The molecule has 0 radical (unpaired) electrons. The fourth-order valence-corrected chi connectivity index (χ4v) is 3.36. The Morgan fingerprint density at radius 1 is 1.03 bits per heavy atom. The first-order valence-electron chi connectivity index (χ1n) is 10.9. The van der Waals surface area contributed by atoms with Gasteiger partial charge in [-0.05, 0) is 25.0 Å². The van der Waals surface area contributed by atoms with Gasteiger partial charge in [0.1, 0.15) is 12.4 Å². The summed E-state index contributed by atoms with van der Waals surface area (Å²) in [6, 6.07) is 18.7. The summed E-state index contributed by atoms with van der Waals surface area (Å²) in [7, 11) is 0. The first-order valence-corrected chi connectivity index (χ1v) is 10.9. The van der Waals surface area contributed by atoms with Crippen LogP contribution in [0.5, 0.6) is 5.75 Å². The van der Waals surface area contributed by atoms with E-state index in [1.807, 2.05) is 24.3 Å². The van der Waals surface area contributed by atoms with E-state index in [1.165, 1.54) is 5.56 Å². The van der Waals surface area contributed by atoms with Crippen LogP contribution in [0.2, 0.25) is 0 Å². The van der Waals surface area contributed by atoms with Crippen molar-refractivity contribution in [1.29, 1.82) is 0 Å². The minimum Gasteiger partial charge on any atom is -0.492 e. The van der Waals surface area contributed by atoms with Crippen molar-refractivity contribution in [3.8, 4) is 5.75 Å². The zero-order valence-corrected chi connectivity index (χ0v) is 18.0. The van der Waals surface area contributed by atoms with E-state index in [9.17, 15) is 0 Å². The normalized spacial score (nSPS) is 15.0. The van der Waals surface area contributed by atoms with E-state index >= 15 is 0 Å². The number of guanidine groups is 1. The fraction of sp³-hybridized carbons (Fsp3) is 0.458. The van der Waals surface area contributed by atoms with Gasteiger partial charge in [0.15, 0.2) is 5.96 Å². The topological polar surface area (TPSA) is 58.1 Å². The summed E-state index contributed by atoms with van der Waals surface area (Å²) >= 11 is 0. The first kappa shape index (κ1) is 22.1. The highest BCUT2D eigenvalue weighted by Gasteiger charge is 2.10. The Labute approximate surface area is 180 Å². The van der Waals surface area contributed by atoms with Crippen LogP contribution in [0.3, 0.4) is 0 Å². The van der Waals surface area contributed by atoms with Gasteiger partial charge in [0.25, 0.3) is 0 Å². The second-order valence-electron chi connectivity index (χ2n) is 7.27. The van der Waals surface area contributed by atoms with E-state index < -0.39 is 0 Å². The summed E-state index contributed by atoms with van der Waals surface area (Å²) in [6.45, 7) is 9.52. The first-order chi connectivity index (χ1) is 14.8. The van der Waals surface area contributed by atoms with Gasteiger partial charge in [-0.3, -0.25) is 4.90 Å². The molecule has 2 aromatic rings. The Kier molecular flexibility index (Phi) is 9.50. The van der Waals surface area contributed by atoms with Gasteiger partial charge in [0.05, 0.1) is 19.8 Å². The molecule has 2 N–H and O–H groups in total. The van der Waals surface area contributed by atoms with Crippen LogP contribution in [-0.4, -0.2) is 63.4 Å². The van der Waals surface area contributed by atoms with Crippen molar-refractivity contribution in [1.82, 2.24) is 15.5 Å². The highest BCUT2D eigenvalue weighted by molar-refractivity contribution is 5.79. The number of morpholine rings is 1. The molecule has 0 atom stereocenters. The summed E-state index contributed by atoms with van der Waals surface area (Å²) < 4.78 is 11.5. The van der Waals surface area contributed by atoms with Crippen LogP contribution in [0.1, 0.15) is 18.1 Å². The monoisotopic (exact) mass is 410 g/mol. The average molecular weight is 411 g/mol. The summed E-state index contributed by atoms with van der Waals surface area (Å²) in [4.78, 5) is 7.14. The number of hydrogen-bond acceptors (Lipinski definition) is 4. The highest BCUT2D eigenvalue weighted by atomic mass is 16.5. The van der Waals surface area contributed by atoms with Gasteiger partial charge in [-0.1, -0.05) is 48.5 Å². The smallest absolute Gasteiger partial charge is 0.191 e. The van der Waals surface area contributed by atoms with E-state index in [0.717, 1.165) is 69.6 Å². The summed E-state index contributed by atoms with van der Waals surface area (Å²) in [5.41, 5.74) is 2.42. The Hall–Kier alpha value is -2.57. The van der Waals surface area contributed by atoms with Crippen molar-refractivity contribution >= 4 is 5.96 Å². The zero-order chi connectivity index (χ0) is 20.9. The molecule has 1 heterocycles. The standard InChI is InChI=1S/C24H34N4O2/c1-2-25-24(26-13-12-21-8-4-3-5-9-21)27-20-22-10-6-7-11-23(22)30-19-16-28-14-17-29-18-15-28/h3-11H,2,12-20H2,1H3,(H2,25,26,27). The lowest BCUT2D eigenvalue weighted by Crippen LogP contribution is -2.38. The van der Waals surface area contributed by atoms with Crippen LogP contribution in [0.25, 0.3) is 0 Å². The van der Waals surface area contributed by atoms with Gasteiger partial charge < -0.3 is 20.1 Å². The third kappa shape index (κ3) is 7.69. The quantitative estimate of drug-likeness (QED) is 0.466. The summed E-state index contributed by atoms with van der Waals surface area (Å²) in [5.74, 6) is 1.74. The lowest BCUT2D eigenvalue weighted by atomic mass is 10.1. The highest BCUT2D eigenvalue weighted by Crippen LogP contribution is 2.19. The van der Waals surface area contributed by atoms with E-state index in [1.54, 1.807) is 0 Å². The number of para-hydroxylation sites is 1. The van der Waals surface area contributed by atoms with E-state index in [-0.39, 0.29) is 0 Å². The summed E-state index contributed by atoms with van der Waals surface area (Å²) in [5, 5.41) is 6.75. The minimum absolute atomic E-state index is 0.578. The van der Waals surface area contributed by atoms with Crippen molar-refractivity contribution in [3.05, 3.63) is 65.7 Å².